The molecule has 15 N–H and O–H groups in total. The Labute approximate surface area is 554 Å². The molecule has 10 rings (SSSR count). The zero-order valence-electron chi connectivity index (χ0n) is 55.2. The zero-order valence-corrected chi connectivity index (χ0v) is 54.0. The molecular weight excluding hydrogens is 1270 g/mol. The van der Waals surface area contributed by atoms with Gasteiger partial charge >= 0.3 is 5.97 Å². The van der Waals surface area contributed by atoms with Gasteiger partial charge in [0.1, 0.15) is 65.0 Å². The number of methoxy groups -OCH3 is 2. The summed E-state index contributed by atoms with van der Waals surface area (Å²) in [5.41, 5.74) is -1.16. The highest BCUT2D eigenvalue weighted by atomic mass is 35.5. The highest BCUT2D eigenvalue weighted by Gasteiger charge is 2.53. The smallest absolute Gasteiger partial charge is 0.330 e. The lowest BCUT2D eigenvalue weighted by Gasteiger charge is -2.43. The molecule has 518 valence electrons. The van der Waals surface area contributed by atoms with Crippen LogP contribution in [0.4, 0.5) is 0 Å². The molecule has 13 atom stereocenters. The fourth-order valence-corrected chi connectivity index (χ4v) is 11.9. The number of aliphatic carboxylic acids is 1. The molecule has 2 saturated heterocycles. The SMILES string of the molecule is C=C(C)C(=O)NC1CC(O[C@H]2C[C@](O)(C(=O)CO)Cc3c(O)c4c(c(O)c32)C(=O)c2c(OC)cccc2C4=O)OC(C)C1O.C=C(C)C(=O)O.CO.COc1cccc2c1C(=O)c1c(O)c3c(c(O)c1C2=O)C[C@@](O)(C(=O)CO)C[C@@H]3OC1CC(N)C(O)C(C)O1.Cl.[2H]C([3H])CC. The number of carbonyl (C=O) groups is 8. The van der Waals surface area contributed by atoms with E-state index in [-0.39, 0.29) is 92.4 Å². The van der Waals surface area contributed by atoms with Gasteiger partial charge in [0, 0.05) is 98.9 Å². The molecule has 0 saturated carbocycles. The molecule has 2 fully saturated rings. The number of aromatic hydroxyl groups is 4. The first kappa shape index (κ1) is 74.3. The Morgan fingerprint density at radius 2 is 1.04 bits per heavy atom. The third-order valence-corrected chi connectivity index (χ3v) is 16.6. The molecule has 9 unspecified atom stereocenters. The number of carbonyl (C=O) groups excluding carboxylic acids is 7. The Morgan fingerprint density at radius 1 is 0.674 bits per heavy atom. The normalized spacial score (nSPS) is 26.4. The lowest BCUT2D eigenvalue weighted by molar-refractivity contribution is -0.249. The van der Waals surface area contributed by atoms with E-state index in [9.17, 15) is 89.4 Å². The van der Waals surface area contributed by atoms with Crippen LogP contribution in [0.15, 0.2) is 60.7 Å². The molecule has 95 heavy (non-hydrogen) atoms. The predicted octanol–water partition coefficient (Wildman–Crippen LogP) is 2.83. The minimum Gasteiger partial charge on any atom is -0.507 e. The number of hydrogen-bond acceptors (Lipinski definition) is 26. The standard InChI is InChI=1S/C31H33NO12.C27H29NO11.C4H6O2.C3H8.CH4O.ClH/c1-12(2)30(40)32-16-8-20(43-13(3)25(16)35)44-18-10-31(41,19(34)11-33)9-15-22(18)29(39)24-23(27(15)37)26(36)14-6-5-7-17(42-4)21(14)28(24)38;1-10-22(31)13(28)6-17(38-10)39-15-8-27(36,16(30)9-29)7-12-19(15)26(35)21-20(24(12)33)23(32)11-4-3-5-14(37-2)18(11)25(21)34;1-3(2)4(5)6;1-3-2;1-2;/h5-7,13,16,18,20,25,33,35,37,39,41H,1,8-11H2,2-4H3,(H,32,40);3-5,10,13,15,17,22,29,31,33,35-36H,6-9,28H2,1-2H3;1H2,2H3,(H,5,6);3H2,1-2H3;2H,1H3;1H/t13?,16?,18-,20?,25?,31-;10?,13?,15-,17?,22?,27-;;;;/m00..../s1/i;;;1TD;;. The van der Waals surface area contributed by atoms with Crippen molar-refractivity contribution in [3.05, 3.63) is 127 Å². The average Bonchev–Trinajstić information content (AvgIpc) is 0.718. The minimum atomic E-state index is -2.30. The second-order valence-corrected chi connectivity index (χ2v) is 23.0. The molecule has 29 heteroatoms. The number of hydrogen-bond donors (Lipinski definition) is 14. The first-order valence-corrected chi connectivity index (χ1v) is 29.4. The fraction of sp³-hybridized carbons (Fsp3) is 0.455. The molecular formula is C66H81ClN2O26. The molecule has 2 aliphatic heterocycles. The van der Waals surface area contributed by atoms with E-state index >= 15 is 0 Å². The number of aliphatic hydroxyl groups excluding tert-OH is 5. The van der Waals surface area contributed by atoms with Gasteiger partial charge < -0.3 is 101 Å². The number of phenolic OH excluding ortho intramolecular Hbond substituents is 4. The number of carboxylic acids is 1. The van der Waals surface area contributed by atoms with E-state index in [0.29, 0.717) is 6.42 Å². The van der Waals surface area contributed by atoms with Crippen molar-refractivity contribution in [1.29, 1.82) is 0 Å². The molecule has 28 nitrogen and oxygen atoms in total. The van der Waals surface area contributed by atoms with Crippen LogP contribution in [0.1, 0.15) is 174 Å². The van der Waals surface area contributed by atoms with Crippen molar-refractivity contribution in [3.8, 4) is 34.5 Å². The van der Waals surface area contributed by atoms with Crippen molar-refractivity contribution in [1.82, 2.24) is 5.32 Å². The first-order valence-electron chi connectivity index (χ1n) is 30.6. The number of fused-ring (bicyclic) bond motifs is 6. The zero-order chi connectivity index (χ0) is 72.1. The van der Waals surface area contributed by atoms with E-state index in [2.05, 4.69) is 18.5 Å². The molecule has 0 aromatic heterocycles. The van der Waals surface area contributed by atoms with Gasteiger partial charge in [0.25, 0.3) is 0 Å². The second-order valence-electron chi connectivity index (χ2n) is 23.0. The van der Waals surface area contributed by atoms with E-state index in [1.807, 2.05) is 6.92 Å². The number of rotatable bonds is 13. The maximum atomic E-state index is 13.8. The molecule has 4 aromatic rings. The van der Waals surface area contributed by atoms with Gasteiger partial charge in [-0.1, -0.05) is 57.6 Å². The summed E-state index contributed by atoms with van der Waals surface area (Å²) < 4.78 is 47.2. The van der Waals surface area contributed by atoms with Gasteiger partial charge in [0.05, 0.1) is 84.2 Å². The molecule has 0 spiro atoms. The van der Waals surface area contributed by atoms with Gasteiger partial charge in [-0.3, -0.25) is 33.6 Å². The van der Waals surface area contributed by atoms with E-state index in [4.69, 9.17) is 47.1 Å². The van der Waals surface area contributed by atoms with Crippen molar-refractivity contribution >= 4 is 59.0 Å². The van der Waals surface area contributed by atoms with E-state index in [1.54, 1.807) is 6.92 Å². The van der Waals surface area contributed by atoms with Crippen LogP contribution in [0.2, 0.25) is 0 Å². The Bertz CT molecular complexity index is 3720. The van der Waals surface area contributed by atoms with Crippen LogP contribution >= 0.6 is 12.4 Å². The highest BCUT2D eigenvalue weighted by molar-refractivity contribution is 6.32. The number of nitrogens with two attached hydrogens (primary N) is 1. The van der Waals surface area contributed by atoms with Crippen LogP contribution in [0.25, 0.3) is 0 Å². The average molecular weight is 1360 g/mol. The van der Waals surface area contributed by atoms with Gasteiger partial charge in [-0.05, 0) is 39.8 Å². The van der Waals surface area contributed by atoms with E-state index in [0.717, 1.165) is 7.11 Å². The van der Waals surface area contributed by atoms with Crippen LogP contribution in [-0.4, -0.2) is 203 Å². The lowest BCUT2D eigenvalue weighted by Crippen LogP contribution is -2.56. The van der Waals surface area contributed by atoms with Crippen molar-refractivity contribution in [2.45, 2.75) is 159 Å². The second kappa shape index (κ2) is 31.7. The van der Waals surface area contributed by atoms with Crippen molar-refractivity contribution in [2.75, 3.05) is 34.5 Å². The molecule has 0 radical (unpaired) electrons. The topological polar surface area (TPSA) is 473 Å². The molecule has 0 bridgehead atoms. The van der Waals surface area contributed by atoms with E-state index < -0.39 is 210 Å². The van der Waals surface area contributed by atoms with Gasteiger partial charge in [0.15, 0.2) is 35.7 Å². The maximum Gasteiger partial charge on any atom is 0.330 e. The summed E-state index contributed by atoms with van der Waals surface area (Å²) >= 11 is 0. The molecule has 4 aromatic carbocycles. The fourth-order valence-electron chi connectivity index (χ4n) is 11.9. The summed E-state index contributed by atoms with van der Waals surface area (Å²) in [6.45, 7) is 11.9. The monoisotopic (exact) mass is 1360 g/mol. The Morgan fingerprint density at radius 3 is 1.38 bits per heavy atom. The Hall–Kier alpha value is -8.07. The Balaban J connectivity index is 0.000000296. The third-order valence-electron chi connectivity index (χ3n) is 16.6. The molecule has 6 aliphatic rings. The summed E-state index contributed by atoms with van der Waals surface area (Å²) in [6.07, 6.45) is -10.4. The number of carboxylic acid groups (broad SMARTS) is 1. The lowest BCUT2D eigenvalue weighted by atomic mass is 9.72. The minimum absolute atomic E-state index is 0. The van der Waals surface area contributed by atoms with Gasteiger partial charge in [-0.2, -0.15) is 0 Å². The first-order chi connectivity index (χ1) is 45.1. The third kappa shape index (κ3) is 15.1. The van der Waals surface area contributed by atoms with Gasteiger partial charge in [-0.15, -0.1) is 12.4 Å². The number of nitrogens with one attached hydrogen (secondary N) is 1. The van der Waals surface area contributed by atoms with Crippen LogP contribution in [0, 0.1) is 0 Å². The Kier molecular flexibility index (Phi) is 24.8. The number of amides is 1. The summed E-state index contributed by atoms with van der Waals surface area (Å²) in [5, 5.41) is 126. The van der Waals surface area contributed by atoms with Gasteiger partial charge in [0.2, 0.25) is 17.5 Å². The number of phenols is 4. The number of halogens is 1. The van der Waals surface area contributed by atoms with Crippen LogP contribution in [0.3, 0.4) is 0 Å². The quantitative estimate of drug-likeness (QED) is 0.0584. The molecule has 1 amide bonds. The number of ketones is 6. The summed E-state index contributed by atoms with van der Waals surface area (Å²) in [7, 11) is 3.63. The van der Waals surface area contributed by atoms with Crippen LogP contribution in [-0.2, 0) is 51.0 Å². The van der Waals surface area contributed by atoms with Crippen LogP contribution in [0.5, 0.6) is 34.5 Å². The van der Waals surface area contributed by atoms with E-state index in [1.165, 1.54) is 71.4 Å². The van der Waals surface area contributed by atoms with Crippen molar-refractivity contribution in [2.24, 2.45) is 5.73 Å². The number of aliphatic hydroxyl groups is 7. The highest BCUT2D eigenvalue weighted by Crippen LogP contribution is 2.55. The van der Waals surface area contributed by atoms with Crippen molar-refractivity contribution < 1.29 is 131 Å². The van der Waals surface area contributed by atoms with Crippen molar-refractivity contribution in [3.63, 3.8) is 0 Å². The summed E-state index contributed by atoms with van der Waals surface area (Å²) in [4.78, 5) is 102. The van der Waals surface area contributed by atoms with Crippen LogP contribution < -0.4 is 20.5 Å². The predicted molar refractivity (Wildman–Crippen MR) is 336 cm³/mol. The maximum absolute atomic E-state index is 13.8. The largest absolute Gasteiger partial charge is 0.507 e. The number of benzene rings is 4. The number of ether oxygens (including phenoxy) is 6. The molecule has 4 aliphatic carbocycles. The van der Waals surface area contributed by atoms with Gasteiger partial charge in [-0.25, -0.2) is 4.79 Å². The summed E-state index contributed by atoms with van der Waals surface area (Å²) in [5.74, 6) is -9.20. The molecule has 2 heterocycles. The number of Topliss-reactive ketones (excluding diaryl/α,β-unsaturated/α-hetero) is 2. The summed E-state index contributed by atoms with van der Waals surface area (Å²) in [6, 6.07) is 7.10.